The van der Waals surface area contributed by atoms with Crippen LogP contribution >= 0.6 is 0 Å². The second kappa shape index (κ2) is 6.97. The zero-order valence-electron chi connectivity index (χ0n) is 11.3. The van der Waals surface area contributed by atoms with E-state index in [1.807, 2.05) is 0 Å². The van der Waals surface area contributed by atoms with Gasteiger partial charge in [0.1, 0.15) is 0 Å². The van der Waals surface area contributed by atoms with Gasteiger partial charge in [-0.3, -0.25) is 0 Å². The zero-order chi connectivity index (χ0) is 12.7. The van der Waals surface area contributed by atoms with E-state index in [9.17, 15) is 0 Å². The van der Waals surface area contributed by atoms with Crippen LogP contribution in [0.2, 0.25) is 0 Å². The Morgan fingerprint density at radius 1 is 1.24 bits per heavy atom. The molecule has 0 saturated heterocycles. The first kappa shape index (κ1) is 13.6. The minimum Gasteiger partial charge on any atom is -0.104 e. The lowest BCUT2D eigenvalue weighted by Gasteiger charge is -2.09. The van der Waals surface area contributed by atoms with Gasteiger partial charge in [-0.1, -0.05) is 44.2 Å². The molecule has 0 saturated carbocycles. The number of aryl methyl sites for hydroxylation is 2. The van der Waals surface area contributed by atoms with Gasteiger partial charge in [-0.2, -0.15) is 0 Å². The maximum Gasteiger partial charge on any atom is 0.0129 e. The van der Waals surface area contributed by atoms with Crippen LogP contribution in [0.1, 0.15) is 50.3 Å². The molecule has 90 valence electrons. The molecule has 0 aromatic heterocycles. The Morgan fingerprint density at radius 2 is 2.00 bits per heavy atom. The fraction of sp³-hybridized carbons (Fsp3) is 0.412. The van der Waals surface area contributed by atoms with E-state index in [2.05, 4.69) is 57.4 Å². The van der Waals surface area contributed by atoms with Crippen LogP contribution in [-0.4, -0.2) is 0 Å². The molecule has 0 nitrogen and oxygen atoms in total. The van der Waals surface area contributed by atoms with Crippen LogP contribution in [-0.2, 0) is 12.8 Å². The molecule has 1 aromatic carbocycles. The van der Waals surface area contributed by atoms with E-state index in [0.717, 1.165) is 31.3 Å². The summed E-state index contributed by atoms with van der Waals surface area (Å²) < 4.78 is 0. The minimum atomic E-state index is 0.953. The Labute approximate surface area is 106 Å². The smallest absolute Gasteiger partial charge is 0.0129 e. The highest BCUT2D eigenvalue weighted by Gasteiger charge is 2.02. The van der Waals surface area contributed by atoms with Crippen molar-refractivity contribution in [3.05, 3.63) is 41.5 Å². The van der Waals surface area contributed by atoms with Crippen LogP contribution in [0.4, 0.5) is 0 Å². The second-order valence-corrected chi connectivity index (χ2v) is 4.33. The minimum absolute atomic E-state index is 0.953. The molecule has 0 aliphatic rings. The third-order valence-electron chi connectivity index (χ3n) is 2.85. The highest BCUT2D eigenvalue weighted by Crippen LogP contribution is 2.20. The van der Waals surface area contributed by atoms with Gasteiger partial charge in [-0.15, -0.1) is 11.8 Å². The molecular weight excluding hydrogens is 204 g/mol. The molecule has 0 radical (unpaired) electrons. The van der Waals surface area contributed by atoms with Gasteiger partial charge in [0.25, 0.3) is 0 Å². The topological polar surface area (TPSA) is 0 Å². The number of rotatable bonds is 4. The van der Waals surface area contributed by atoms with Gasteiger partial charge < -0.3 is 0 Å². The Kier molecular flexibility index (Phi) is 5.57. The molecule has 0 atom stereocenters. The summed E-state index contributed by atoms with van der Waals surface area (Å²) >= 11 is 0. The quantitative estimate of drug-likeness (QED) is 0.657. The summed E-state index contributed by atoms with van der Waals surface area (Å²) in [6.07, 6.45) is 4.03. The third kappa shape index (κ3) is 4.11. The third-order valence-corrected chi connectivity index (χ3v) is 2.85. The summed E-state index contributed by atoms with van der Waals surface area (Å²) in [6.45, 7) is 10.4. The molecule has 17 heavy (non-hydrogen) atoms. The summed E-state index contributed by atoms with van der Waals surface area (Å²) in [4.78, 5) is 0. The first-order chi connectivity index (χ1) is 8.19. The fourth-order valence-electron chi connectivity index (χ4n) is 1.93. The van der Waals surface area contributed by atoms with Crippen LogP contribution in [0.3, 0.4) is 0 Å². The first-order valence-corrected chi connectivity index (χ1v) is 6.42. The summed E-state index contributed by atoms with van der Waals surface area (Å²) in [5, 5.41) is 0. The van der Waals surface area contributed by atoms with Crippen LogP contribution in [0.5, 0.6) is 0 Å². The van der Waals surface area contributed by atoms with Crippen molar-refractivity contribution in [2.45, 2.75) is 46.5 Å². The van der Waals surface area contributed by atoms with E-state index in [1.165, 1.54) is 16.7 Å². The molecule has 0 unspecified atom stereocenters. The first-order valence-electron chi connectivity index (χ1n) is 6.42. The SMILES string of the molecule is C=C(C)c1ccc(CCC#CCC)cc1CC. The van der Waals surface area contributed by atoms with Crippen LogP contribution < -0.4 is 0 Å². The van der Waals surface area contributed by atoms with Crippen molar-refractivity contribution in [2.75, 3.05) is 0 Å². The summed E-state index contributed by atoms with van der Waals surface area (Å²) in [6, 6.07) is 6.71. The normalized spacial score (nSPS) is 9.59. The average molecular weight is 226 g/mol. The lowest BCUT2D eigenvalue weighted by molar-refractivity contribution is 1.01. The second-order valence-electron chi connectivity index (χ2n) is 4.33. The van der Waals surface area contributed by atoms with Gasteiger partial charge in [0.2, 0.25) is 0 Å². The molecule has 0 heteroatoms. The van der Waals surface area contributed by atoms with Crippen molar-refractivity contribution in [3.8, 4) is 11.8 Å². The van der Waals surface area contributed by atoms with E-state index in [4.69, 9.17) is 0 Å². The molecule has 1 aromatic rings. The number of benzene rings is 1. The molecular formula is C17H22. The molecule has 0 amide bonds. The highest BCUT2D eigenvalue weighted by atomic mass is 14.1. The molecule has 1 rings (SSSR count). The maximum absolute atomic E-state index is 4.03. The predicted molar refractivity (Wildman–Crippen MR) is 76.9 cm³/mol. The van der Waals surface area contributed by atoms with Crippen molar-refractivity contribution in [1.29, 1.82) is 0 Å². The monoisotopic (exact) mass is 226 g/mol. The maximum atomic E-state index is 4.03. The van der Waals surface area contributed by atoms with E-state index in [0.29, 0.717) is 0 Å². The number of hydrogen-bond donors (Lipinski definition) is 0. The fourth-order valence-corrected chi connectivity index (χ4v) is 1.93. The Hall–Kier alpha value is -1.48. The largest absolute Gasteiger partial charge is 0.104 e. The number of allylic oxidation sites excluding steroid dienone is 1. The Balaban J connectivity index is 2.79. The highest BCUT2D eigenvalue weighted by molar-refractivity contribution is 5.65. The van der Waals surface area contributed by atoms with Gasteiger partial charge in [-0.05, 0) is 36.5 Å². The lowest BCUT2D eigenvalue weighted by atomic mass is 9.96. The van der Waals surface area contributed by atoms with Crippen molar-refractivity contribution < 1.29 is 0 Å². The van der Waals surface area contributed by atoms with E-state index >= 15 is 0 Å². The van der Waals surface area contributed by atoms with Gasteiger partial charge in [0, 0.05) is 12.8 Å². The molecule has 0 aliphatic carbocycles. The van der Waals surface area contributed by atoms with E-state index < -0.39 is 0 Å². The van der Waals surface area contributed by atoms with E-state index in [-0.39, 0.29) is 0 Å². The predicted octanol–water partition coefficient (Wildman–Crippen LogP) is 4.63. The molecule has 0 N–H and O–H groups in total. The summed E-state index contributed by atoms with van der Waals surface area (Å²) in [5.74, 6) is 6.30. The Bertz CT molecular complexity index is 441. The van der Waals surface area contributed by atoms with Gasteiger partial charge in [-0.25, -0.2) is 0 Å². The summed E-state index contributed by atoms with van der Waals surface area (Å²) in [5.41, 5.74) is 5.24. The number of hydrogen-bond acceptors (Lipinski definition) is 0. The van der Waals surface area contributed by atoms with Crippen molar-refractivity contribution in [2.24, 2.45) is 0 Å². The van der Waals surface area contributed by atoms with Crippen molar-refractivity contribution >= 4 is 5.57 Å². The zero-order valence-corrected chi connectivity index (χ0v) is 11.3. The van der Waals surface area contributed by atoms with Crippen molar-refractivity contribution in [1.82, 2.24) is 0 Å². The van der Waals surface area contributed by atoms with Crippen LogP contribution in [0, 0.1) is 11.8 Å². The van der Waals surface area contributed by atoms with Gasteiger partial charge in [0.15, 0.2) is 0 Å². The van der Waals surface area contributed by atoms with Crippen molar-refractivity contribution in [3.63, 3.8) is 0 Å². The Morgan fingerprint density at radius 3 is 2.59 bits per heavy atom. The molecule has 0 aliphatic heterocycles. The van der Waals surface area contributed by atoms with Crippen LogP contribution in [0.15, 0.2) is 24.8 Å². The molecule has 0 fully saturated rings. The standard InChI is InChI=1S/C17H22/c1-5-7-8-9-10-15-11-12-17(14(3)4)16(6-2)13-15/h11-13H,3,5-6,9-10H2,1-2,4H3. The van der Waals surface area contributed by atoms with Crippen LogP contribution in [0.25, 0.3) is 5.57 Å². The molecule has 0 bridgehead atoms. The molecule has 0 spiro atoms. The van der Waals surface area contributed by atoms with Gasteiger partial charge in [0.05, 0.1) is 0 Å². The average Bonchev–Trinajstić information content (AvgIpc) is 2.34. The van der Waals surface area contributed by atoms with E-state index in [1.54, 1.807) is 0 Å². The molecule has 0 heterocycles. The van der Waals surface area contributed by atoms with Gasteiger partial charge >= 0.3 is 0 Å². The lowest BCUT2D eigenvalue weighted by Crippen LogP contribution is -1.93. The summed E-state index contributed by atoms with van der Waals surface area (Å²) in [7, 11) is 0.